The molecule has 0 radical (unpaired) electrons. The zero-order valence-corrected chi connectivity index (χ0v) is 20.9. The van der Waals surface area contributed by atoms with Crippen LogP contribution in [0.5, 0.6) is 0 Å². The highest BCUT2D eigenvalue weighted by Crippen LogP contribution is 2.39. The van der Waals surface area contributed by atoms with Crippen molar-refractivity contribution in [2.75, 3.05) is 0 Å². The van der Waals surface area contributed by atoms with Gasteiger partial charge in [0.2, 0.25) is 0 Å². The van der Waals surface area contributed by atoms with E-state index in [4.69, 9.17) is 0 Å². The molecular formula is C38H24. The minimum Gasteiger partial charge on any atom is -0.0616 e. The first kappa shape index (κ1) is 21.2. The molecule has 0 N–H and O–H groups in total. The molecule has 0 nitrogen and oxygen atoms in total. The first-order valence-corrected chi connectivity index (χ1v) is 13.2. The number of rotatable bonds is 2. The van der Waals surface area contributed by atoms with E-state index in [9.17, 15) is 0 Å². The van der Waals surface area contributed by atoms with E-state index in [0.717, 1.165) is 0 Å². The molecule has 0 bridgehead atoms. The van der Waals surface area contributed by atoms with Crippen molar-refractivity contribution in [3.05, 3.63) is 146 Å². The third-order valence-corrected chi connectivity index (χ3v) is 8.02. The van der Waals surface area contributed by atoms with Crippen molar-refractivity contribution in [2.45, 2.75) is 0 Å². The van der Waals surface area contributed by atoms with E-state index >= 15 is 0 Å². The first-order valence-electron chi connectivity index (χ1n) is 13.2. The van der Waals surface area contributed by atoms with Crippen molar-refractivity contribution >= 4 is 53.9 Å². The van der Waals surface area contributed by atoms with E-state index in [1.54, 1.807) is 0 Å². The van der Waals surface area contributed by atoms with Gasteiger partial charge in [0, 0.05) is 0 Å². The molecule has 0 heteroatoms. The summed E-state index contributed by atoms with van der Waals surface area (Å²) in [5, 5.41) is 13.0. The SMILES string of the molecule is c1cc(-c2ccc3c4ccccc4c4ccccc4c3c2)cc(-c2cc3ccccc3c3ccccc23)c1. The molecule has 0 spiro atoms. The maximum absolute atomic E-state index is 2.38. The van der Waals surface area contributed by atoms with Crippen LogP contribution >= 0.6 is 0 Å². The molecule has 8 aromatic rings. The summed E-state index contributed by atoms with van der Waals surface area (Å²) in [4.78, 5) is 0. The molecule has 0 atom stereocenters. The topological polar surface area (TPSA) is 0 Å². The molecule has 176 valence electrons. The summed E-state index contributed by atoms with van der Waals surface area (Å²) in [7, 11) is 0. The van der Waals surface area contributed by atoms with E-state index in [0.29, 0.717) is 0 Å². The predicted octanol–water partition coefficient (Wildman–Crippen LogP) is 10.8. The number of fused-ring (bicyclic) bond motifs is 9. The van der Waals surface area contributed by atoms with Gasteiger partial charge < -0.3 is 0 Å². The highest BCUT2D eigenvalue weighted by Gasteiger charge is 2.12. The number of hydrogen-bond donors (Lipinski definition) is 0. The Kier molecular flexibility index (Phi) is 4.62. The van der Waals surface area contributed by atoms with Gasteiger partial charge in [0.1, 0.15) is 0 Å². The van der Waals surface area contributed by atoms with E-state index in [1.165, 1.54) is 76.1 Å². The molecule has 0 saturated heterocycles. The predicted molar refractivity (Wildman–Crippen MR) is 165 cm³/mol. The lowest BCUT2D eigenvalue weighted by Gasteiger charge is -2.14. The fourth-order valence-corrected chi connectivity index (χ4v) is 6.25. The van der Waals surface area contributed by atoms with Gasteiger partial charge >= 0.3 is 0 Å². The van der Waals surface area contributed by atoms with Crippen LogP contribution in [0, 0.1) is 0 Å². The van der Waals surface area contributed by atoms with Crippen molar-refractivity contribution in [3.63, 3.8) is 0 Å². The average Bonchev–Trinajstić information content (AvgIpc) is 3.00. The third kappa shape index (κ3) is 3.17. The molecule has 0 unspecified atom stereocenters. The monoisotopic (exact) mass is 480 g/mol. The highest BCUT2D eigenvalue weighted by atomic mass is 14.2. The molecule has 0 amide bonds. The molecule has 8 rings (SSSR count). The lowest BCUT2D eigenvalue weighted by atomic mass is 9.90. The Hall–Kier alpha value is -4.94. The number of hydrogen-bond acceptors (Lipinski definition) is 0. The molecule has 0 heterocycles. The normalized spacial score (nSPS) is 11.7. The van der Waals surface area contributed by atoms with E-state index < -0.39 is 0 Å². The maximum Gasteiger partial charge on any atom is -0.00928 e. The second-order valence-electron chi connectivity index (χ2n) is 10.1. The molecule has 0 aliphatic rings. The summed E-state index contributed by atoms with van der Waals surface area (Å²) < 4.78 is 0. The van der Waals surface area contributed by atoms with Crippen LogP contribution in [0.2, 0.25) is 0 Å². The lowest BCUT2D eigenvalue weighted by molar-refractivity contribution is 1.63. The fourth-order valence-electron chi connectivity index (χ4n) is 6.25. The van der Waals surface area contributed by atoms with Crippen molar-refractivity contribution in [2.24, 2.45) is 0 Å². The van der Waals surface area contributed by atoms with Crippen LogP contribution in [0.3, 0.4) is 0 Å². The van der Waals surface area contributed by atoms with Crippen LogP contribution in [0.15, 0.2) is 146 Å². The Morgan fingerprint density at radius 2 is 0.711 bits per heavy atom. The van der Waals surface area contributed by atoms with Gasteiger partial charge in [-0.1, -0.05) is 127 Å². The molecule has 0 fully saturated rings. The van der Waals surface area contributed by atoms with E-state index in [1.807, 2.05) is 0 Å². The van der Waals surface area contributed by atoms with Gasteiger partial charge in [-0.15, -0.1) is 0 Å². The lowest BCUT2D eigenvalue weighted by Crippen LogP contribution is -1.87. The largest absolute Gasteiger partial charge is 0.0616 e. The summed E-state index contributed by atoms with van der Waals surface area (Å²) in [5.41, 5.74) is 5.00. The Labute approximate surface area is 221 Å². The van der Waals surface area contributed by atoms with Crippen LogP contribution in [0.4, 0.5) is 0 Å². The van der Waals surface area contributed by atoms with Crippen LogP contribution in [0.1, 0.15) is 0 Å². The fraction of sp³-hybridized carbons (Fsp3) is 0. The second-order valence-corrected chi connectivity index (χ2v) is 10.1. The zero-order valence-electron chi connectivity index (χ0n) is 20.9. The van der Waals surface area contributed by atoms with Gasteiger partial charge in [0.15, 0.2) is 0 Å². The third-order valence-electron chi connectivity index (χ3n) is 8.02. The minimum atomic E-state index is 1.24. The summed E-state index contributed by atoms with van der Waals surface area (Å²) in [6, 6.07) is 53.3. The van der Waals surface area contributed by atoms with Gasteiger partial charge in [0.25, 0.3) is 0 Å². The van der Waals surface area contributed by atoms with Gasteiger partial charge in [-0.05, 0) is 94.3 Å². The highest BCUT2D eigenvalue weighted by molar-refractivity contribution is 6.25. The van der Waals surface area contributed by atoms with E-state index in [2.05, 4.69) is 146 Å². The van der Waals surface area contributed by atoms with Crippen LogP contribution < -0.4 is 0 Å². The molecule has 0 aliphatic heterocycles. The molecule has 8 aromatic carbocycles. The van der Waals surface area contributed by atoms with Crippen molar-refractivity contribution < 1.29 is 0 Å². The Morgan fingerprint density at radius 3 is 1.39 bits per heavy atom. The summed E-state index contributed by atoms with van der Waals surface area (Å²) in [6.07, 6.45) is 0. The number of benzene rings is 8. The molecule has 38 heavy (non-hydrogen) atoms. The summed E-state index contributed by atoms with van der Waals surface area (Å²) in [6.45, 7) is 0. The second kappa shape index (κ2) is 8.30. The van der Waals surface area contributed by atoms with Crippen molar-refractivity contribution in [1.82, 2.24) is 0 Å². The Bertz CT molecular complexity index is 2150. The van der Waals surface area contributed by atoms with Gasteiger partial charge in [-0.2, -0.15) is 0 Å². The average molecular weight is 481 g/mol. The Balaban J connectivity index is 1.36. The van der Waals surface area contributed by atoms with Gasteiger partial charge in [-0.25, -0.2) is 0 Å². The zero-order chi connectivity index (χ0) is 25.1. The summed E-state index contributed by atoms with van der Waals surface area (Å²) >= 11 is 0. The molecule has 0 saturated carbocycles. The van der Waals surface area contributed by atoms with Gasteiger partial charge in [-0.3, -0.25) is 0 Å². The quantitative estimate of drug-likeness (QED) is 0.216. The standard InChI is InChI=1S/C38H24/c1-2-13-29-28(10-1)24-37(34-18-7-3-14-30(29)34)27-12-9-11-25(22-27)26-20-21-36-33-17-5-4-15-31(33)32-16-6-8-19-35(32)38(36)23-26/h1-24H. The summed E-state index contributed by atoms with van der Waals surface area (Å²) in [5.74, 6) is 0. The van der Waals surface area contributed by atoms with Crippen molar-refractivity contribution in [1.29, 1.82) is 0 Å². The maximum atomic E-state index is 2.38. The smallest absolute Gasteiger partial charge is 0.00928 e. The van der Waals surface area contributed by atoms with Crippen LogP contribution in [-0.4, -0.2) is 0 Å². The van der Waals surface area contributed by atoms with Gasteiger partial charge in [0.05, 0.1) is 0 Å². The molecule has 0 aliphatic carbocycles. The minimum absolute atomic E-state index is 1.24. The van der Waals surface area contributed by atoms with E-state index in [-0.39, 0.29) is 0 Å². The van der Waals surface area contributed by atoms with Crippen LogP contribution in [-0.2, 0) is 0 Å². The van der Waals surface area contributed by atoms with Crippen molar-refractivity contribution in [3.8, 4) is 22.3 Å². The van der Waals surface area contributed by atoms with Crippen LogP contribution in [0.25, 0.3) is 76.1 Å². The first-order chi connectivity index (χ1) is 18.8. The Morgan fingerprint density at radius 1 is 0.237 bits per heavy atom. The molecular weight excluding hydrogens is 456 g/mol. The molecule has 0 aromatic heterocycles.